The van der Waals surface area contributed by atoms with Crippen LogP contribution in [0, 0.1) is 0 Å². The van der Waals surface area contributed by atoms with Crippen molar-refractivity contribution in [3.05, 3.63) is 11.9 Å². The maximum absolute atomic E-state index is 5.42. The van der Waals surface area contributed by atoms with Gasteiger partial charge in [0.05, 0.1) is 18.3 Å². The number of hydrogen-bond acceptors (Lipinski definition) is 5. The molecule has 1 aromatic heterocycles. The van der Waals surface area contributed by atoms with Crippen LogP contribution in [0.15, 0.2) is 6.20 Å². The fraction of sp³-hybridized carbons (Fsp3) is 0.778. The fourth-order valence-corrected chi connectivity index (χ4v) is 1.28. The lowest BCUT2D eigenvalue weighted by atomic mass is 10.2. The van der Waals surface area contributed by atoms with Crippen LogP contribution in [0.25, 0.3) is 0 Å². The SMILES string of the molecule is CCCOCC(Cc1cn(C)nn1)NN. The third kappa shape index (κ3) is 4.37. The molecule has 0 aliphatic rings. The van der Waals surface area contributed by atoms with E-state index in [1.54, 1.807) is 4.68 Å². The highest BCUT2D eigenvalue weighted by Gasteiger charge is 2.09. The molecule has 0 aliphatic carbocycles. The number of nitrogens with two attached hydrogens (primary N) is 1. The average molecular weight is 213 g/mol. The second kappa shape index (κ2) is 6.49. The Balaban J connectivity index is 2.33. The number of ether oxygens (including phenoxy) is 1. The number of nitrogens with zero attached hydrogens (tertiary/aromatic N) is 3. The van der Waals surface area contributed by atoms with E-state index in [9.17, 15) is 0 Å². The molecule has 0 aromatic carbocycles. The molecule has 1 aromatic rings. The molecular weight excluding hydrogens is 194 g/mol. The van der Waals surface area contributed by atoms with Crippen molar-refractivity contribution in [3.8, 4) is 0 Å². The van der Waals surface area contributed by atoms with Gasteiger partial charge in [-0.05, 0) is 6.42 Å². The third-order valence-corrected chi connectivity index (χ3v) is 2.01. The van der Waals surface area contributed by atoms with Gasteiger partial charge in [0.1, 0.15) is 0 Å². The van der Waals surface area contributed by atoms with Gasteiger partial charge in [0.25, 0.3) is 0 Å². The van der Waals surface area contributed by atoms with Crippen LogP contribution in [0.4, 0.5) is 0 Å². The van der Waals surface area contributed by atoms with Crippen LogP contribution in [0.1, 0.15) is 19.0 Å². The lowest BCUT2D eigenvalue weighted by Gasteiger charge is -2.14. The van der Waals surface area contributed by atoms with Crippen LogP contribution in [0.5, 0.6) is 0 Å². The number of hydrazine groups is 1. The summed E-state index contributed by atoms with van der Waals surface area (Å²) in [7, 11) is 1.84. The maximum atomic E-state index is 5.42. The van der Waals surface area contributed by atoms with E-state index in [1.807, 2.05) is 13.2 Å². The quantitative estimate of drug-likeness (QED) is 0.366. The van der Waals surface area contributed by atoms with Gasteiger partial charge in [0.2, 0.25) is 0 Å². The van der Waals surface area contributed by atoms with Crippen LogP contribution < -0.4 is 11.3 Å². The van der Waals surface area contributed by atoms with E-state index in [-0.39, 0.29) is 6.04 Å². The van der Waals surface area contributed by atoms with Crippen molar-refractivity contribution in [2.75, 3.05) is 13.2 Å². The van der Waals surface area contributed by atoms with Gasteiger partial charge < -0.3 is 4.74 Å². The molecule has 0 radical (unpaired) electrons. The van der Waals surface area contributed by atoms with Gasteiger partial charge in [-0.3, -0.25) is 16.0 Å². The second-order valence-electron chi connectivity index (χ2n) is 3.53. The van der Waals surface area contributed by atoms with Crippen LogP contribution in [-0.2, 0) is 18.2 Å². The summed E-state index contributed by atoms with van der Waals surface area (Å²) in [5.41, 5.74) is 3.63. The second-order valence-corrected chi connectivity index (χ2v) is 3.53. The molecule has 0 fully saturated rings. The van der Waals surface area contributed by atoms with Crippen LogP contribution in [-0.4, -0.2) is 34.2 Å². The highest BCUT2D eigenvalue weighted by molar-refractivity contribution is 4.95. The molecule has 86 valence electrons. The monoisotopic (exact) mass is 213 g/mol. The molecule has 1 unspecified atom stereocenters. The smallest absolute Gasteiger partial charge is 0.0843 e. The Morgan fingerprint density at radius 1 is 1.67 bits per heavy atom. The molecule has 0 bridgehead atoms. The summed E-state index contributed by atoms with van der Waals surface area (Å²) in [5.74, 6) is 5.42. The Bertz CT molecular complexity index is 275. The minimum atomic E-state index is 0.0910. The molecule has 15 heavy (non-hydrogen) atoms. The van der Waals surface area contributed by atoms with E-state index in [1.165, 1.54) is 0 Å². The maximum Gasteiger partial charge on any atom is 0.0843 e. The van der Waals surface area contributed by atoms with Crippen molar-refractivity contribution < 1.29 is 4.74 Å². The van der Waals surface area contributed by atoms with Gasteiger partial charge in [-0.15, -0.1) is 5.10 Å². The first-order chi connectivity index (χ1) is 7.26. The lowest BCUT2D eigenvalue weighted by Crippen LogP contribution is -2.40. The van der Waals surface area contributed by atoms with Crippen molar-refractivity contribution >= 4 is 0 Å². The fourth-order valence-electron chi connectivity index (χ4n) is 1.28. The number of hydrogen-bond donors (Lipinski definition) is 2. The molecule has 3 N–H and O–H groups in total. The average Bonchev–Trinajstić information content (AvgIpc) is 2.63. The normalized spacial score (nSPS) is 13.0. The van der Waals surface area contributed by atoms with E-state index in [4.69, 9.17) is 10.6 Å². The first-order valence-electron chi connectivity index (χ1n) is 5.15. The number of aromatic nitrogens is 3. The van der Waals surface area contributed by atoms with Crippen molar-refractivity contribution in [2.45, 2.75) is 25.8 Å². The summed E-state index contributed by atoms with van der Waals surface area (Å²) in [6.07, 6.45) is 3.63. The summed E-state index contributed by atoms with van der Waals surface area (Å²) >= 11 is 0. The molecule has 1 atom stereocenters. The Morgan fingerprint density at radius 3 is 3.00 bits per heavy atom. The van der Waals surface area contributed by atoms with Crippen molar-refractivity contribution in [1.29, 1.82) is 0 Å². The molecule has 1 rings (SSSR count). The lowest BCUT2D eigenvalue weighted by molar-refractivity contribution is 0.111. The Labute approximate surface area is 89.8 Å². The molecule has 0 saturated carbocycles. The van der Waals surface area contributed by atoms with Gasteiger partial charge in [-0.2, -0.15) is 0 Å². The zero-order chi connectivity index (χ0) is 11.1. The number of nitrogens with one attached hydrogen (secondary N) is 1. The van der Waals surface area contributed by atoms with E-state index < -0.39 is 0 Å². The minimum absolute atomic E-state index is 0.0910. The number of rotatable bonds is 7. The molecule has 0 aliphatic heterocycles. The van der Waals surface area contributed by atoms with E-state index in [2.05, 4.69) is 22.7 Å². The van der Waals surface area contributed by atoms with Gasteiger partial charge >= 0.3 is 0 Å². The van der Waals surface area contributed by atoms with Gasteiger partial charge in [0, 0.05) is 26.3 Å². The molecule has 6 heteroatoms. The summed E-state index contributed by atoms with van der Waals surface area (Å²) in [6, 6.07) is 0.0910. The topological polar surface area (TPSA) is 78.0 Å². The molecule has 0 amide bonds. The summed E-state index contributed by atoms with van der Waals surface area (Å²) in [4.78, 5) is 0. The zero-order valence-corrected chi connectivity index (χ0v) is 9.31. The van der Waals surface area contributed by atoms with Crippen LogP contribution >= 0.6 is 0 Å². The largest absolute Gasteiger partial charge is 0.380 e. The molecular formula is C9H19N5O. The third-order valence-electron chi connectivity index (χ3n) is 2.01. The Kier molecular flexibility index (Phi) is 5.23. The predicted octanol–water partition coefficient (Wildman–Crippen LogP) is -0.384. The van der Waals surface area contributed by atoms with Crippen LogP contribution in [0.2, 0.25) is 0 Å². The molecule has 1 heterocycles. The Morgan fingerprint density at radius 2 is 2.47 bits per heavy atom. The Hall–Kier alpha value is -0.980. The van der Waals surface area contributed by atoms with Gasteiger partial charge in [0.15, 0.2) is 0 Å². The minimum Gasteiger partial charge on any atom is -0.380 e. The molecule has 0 spiro atoms. The highest BCUT2D eigenvalue weighted by atomic mass is 16.5. The summed E-state index contributed by atoms with van der Waals surface area (Å²) in [6.45, 7) is 3.44. The van der Waals surface area contributed by atoms with Gasteiger partial charge in [-0.1, -0.05) is 12.1 Å². The standard InChI is InChI=1S/C9H19N5O/c1-3-4-15-7-9(11-10)5-8-6-14(2)13-12-8/h6,9,11H,3-5,7,10H2,1-2H3. The zero-order valence-electron chi connectivity index (χ0n) is 9.31. The predicted molar refractivity (Wildman–Crippen MR) is 56.9 cm³/mol. The van der Waals surface area contributed by atoms with Gasteiger partial charge in [-0.25, -0.2) is 0 Å². The van der Waals surface area contributed by atoms with Crippen molar-refractivity contribution in [3.63, 3.8) is 0 Å². The van der Waals surface area contributed by atoms with E-state index in [0.29, 0.717) is 6.61 Å². The summed E-state index contributed by atoms with van der Waals surface area (Å²) in [5, 5.41) is 7.85. The molecule has 6 nitrogen and oxygen atoms in total. The first-order valence-corrected chi connectivity index (χ1v) is 5.15. The molecule has 0 saturated heterocycles. The van der Waals surface area contributed by atoms with Crippen molar-refractivity contribution in [1.82, 2.24) is 20.4 Å². The summed E-state index contributed by atoms with van der Waals surface area (Å²) < 4.78 is 7.09. The van der Waals surface area contributed by atoms with Crippen LogP contribution in [0.3, 0.4) is 0 Å². The van der Waals surface area contributed by atoms with Crippen molar-refractivity contribution in [2.24, 2.45) is 12.9 Å². The first kappa shape index (κ1) is 12.1. The number of aryl methyl sites for hydroxylation is 1. The van der Waals surface area contributed by atoms with E-state index >= 15 is 0 Å². The highest BCUT2D eigenvalue weighted by Crippen LogP contribution is 1.98. The van der Waals surface area contributed by atoms with E-state index in [0.717, 1.165) is 25.1 Å².